The third kappa shape index (κ3) is 1.55. The molecule has 1 atom stereocenters. The van der Waals surface area contributed by atoms with Gasteiger partial charge in [-0.15, -0.1) is 0 Å². The van der Waals surface area contributed by atoms with Gasteiger partial charge < -0.3 is 5.11 Å². The van der Waals surface area contributed by atoms with Crippen LogP contribution in [0.3, 0.4) is 0 Å². The summed E-state index contributed by atoms with van der Waals surface area (Å²) in [5.74, 6) is 0.146. The molecule has 0 unspecified atom stereocenters. The summed E-state index contributed by atoms with van der Waals surface area (Å²) < 4.78 is 13.0. The molecule has 0 heterocycles. The Morgan fingerprint density at radius 2 is 2.07 bits per heavy atom. The molecule has 1 aliphatic carbocycles. The Labute approximate surface area is 83.6 Å². The van der Waals surface area contributed by atoms with Crippen molar-refractivity contribution in [3.63, 3.8) is 0 Å². The fourth-order valence-corrected chi connectivity index (χ4v) is 1.84. The minimum absolute atomic E-state index is 0.208. The van der Waals surface area contributed by atoms with Crippen molar-refractivity contribution in [2.45, 2.75) is 32.3 Å². The molecule has 1 aromatic rings. The second-order valence-electron chi connectivity index (χ2n) is 4.39. The van der Waals surface area contributed by atoms with Crippen molar-refractivity contribution in [2.75, 3.05) is 0 Å². The number of rotatable bonds is 2. The summed E-state index contributed by atoms with van der Waals surface area (Å²) in [7, 11) is 0. The monoisotopic (exact) mass is 194 g/mol. The molecule has 0 aromatic heterocycles. The van der Waals surface area contributed by atoms with Gasteiger partial charge in [0.1, 0.15) is 5.82 Å². The Balaban J connectivity index is 2.36. The van der Waals surface area contributed by atoms with Gasteiger partial charge in [-0.05, 0) is 49.8 Å². The van der Waals surface area contributed by atoms with E-state index in [9.17, 15) is 9.50 Å². The van der Waals surface area contributed by atoms with Crippen LogP contribution in [0.15, 0.2) is 18.2 Å². The van der Waals surface area contributed by atoms with Crippen LogP contribution in [0.1, 0.15) is 30.9 Å². The van der Waals surface area contributed by atoms with Gasteiger partial charge in [-0.1, -0.05) is 12.1 Å². The van der Waals surface area contributed by atoms with E-state index in [1.54, 1.807) is 19.1 Å². The summed E-state index contributed by atoms with van der Waals surface area (Å²) in [5, 5.41) is 10.2. The van der Waals surface area contributed by atoms with E-state index in [4.69, 9.17) is 0 Å². The van der Waals surface area contributed by atoms with Gasteiger partial charge in [0, 0.05) is 0 Å². The van der Waals surface area contributed by atoms with E-state index in [0.717, 1.165) is 18.4 Å². The van der Waals surface area contributed by atoms with E-state index in [1.165, 1.54) is 6.07 Å². The second kappa shape index (κ2) is 3.06. The number of aliphatic hydroxyl groups is 1. The van der Waals surface area contributed by atoms with E-state index in [-0.39, 0.29) is 5.82 Å². The summed E-state index contributed by atoms with van der Waals surface area (Å²) in [6.07, 6.45) is 2.15. The zero-order valence-electron chi connectivity index (χ0n) is 8.55. The fraction of sp³-hybridized carbons (Fsp3) is 0.500. The van der Waals surface area contributed by atoms with Crippen molar-refractivity contribution in [1.82, 2.24) is 0 Å². The van der Waals surface area contributed by atoms with Crippen molar-refractivity contribution >= 4 is 0 Å². The van der Waals surface area contributed by atoms with Crippen LogP contribution in [0.4, 0.5) is 4.39 Å². The number of halogens is 1. The highest BCUT2D eigenvalue weighted by atomic mass is 19.1. The lowest BCUT2D eigenvalue weighted by Crippen LogP contribution is -2.23. The molecular formula is C12H15FO. The van der Waals surface area contributed by atoms with Gasteiger partial charge in [-0.3, -0.25) is 0 Å². The zero-order chi connectivity index (χ0) is 10.3. The fourth-order valence-electron chi connectivity index (χ4n) is 1.84. The van der Waals surface area contributed by atoms with Gasteiger partial charge in [0.15, 0.2) is 0 Å². The lowest BCUT2D eigenvalue weighted by molar-refractivity contribution is 0.0329. The van der Waals surface area contributed by atoms with Crippen molar-refractivity contribution in [1.29, 1.82) is 0 Å². The van der Waals surface area contributed by atoms with Gasteiger partial charge in [0.2, 0.25) is 0 Å². The molecule has 1 aromatic carbocycles. The van der Waals surface area contributed by atoms with Crippen LogP contribution in [0, 0.1) is 18.7 Å². The molecule has 1 nitrogen and oxygen atoms in total. The molecule has 1 fully saturated rings. The second-order valence-corrected chi connectivity index (χ2v) is 4.39. The van der Waals surface area contributed by atoms with E-state index in [2.05, 4.69) is 0 Å². The molecule has 14 heavy (non-hydrogen) atoms. The number of aryl methyl sites for hydroxylation is 1. The van der Waals surface area contributed by atoms with E-state index < -0.39 is 5.60 Å². The largest absolute Gasteiger partial charge is 0.385 e. The standard InChI is InChI=1S/C12H15FO/c1-8-7-10(5-6-11(8)13)12(2,14)9-3-4-9/h5-7,9,14H,3-4H2,1-2H3/t12-/m0/s1. The number of hydrogen-bond acceptors (Lipinski definition) is 1. The van der Waals surface area contributed by atoms with Gasteiger partial charge >= 0.3 is 0 Å². The zero-order valence-corrected chi connectivity index (χ0v) is 8.55. The Morgan fingerprint density at radius 1 is 1.43 bits per heavy atom. The van der Waals surface area contributed by atoms with Crippen LogP contribution >= 0.6 is 0 Å². The lowest BCUT2D eigenvalue weighted by Gasteiger charge is -2.24. The first-order valence-corrected chi connectivity index (χ1v) is 5.01. The van der Waals surface area contributed by atoms with Gasteiger partial charge in [-0.25, -0.2) is 4.39 Å². The van der Waals surface area contributed by atoms with Crippen molar-refractivity contribution < 1.29 is 9.50 Å². The predicted molar refractivity (Wildman–Crippen MR) is 53.4 cm³/mol. The maximum absolute atomic E-state index is 13.0. The summed E-state index contributed by atoms with van der Waals surface area (Å²) in [6.45, 7) is 3.54. The molecule has 1 N–H and O–H groups in total. The minimum atomic E-state index is -0.779. The molecule has 76 valence electrons. The summed E-state index contributed by atoms with van der Waals surface area (Å²) in [6, 6.07) is 4.86. The summed E-state index contributed by atoms with van der Waals surface area (Å²) in [5.41, 5.74) is 0.653. The quantitative estimate of drug-likeness (QED) is 0.767. The van der Waals surface area contributed by atoms with E-state index in [0.29, 0.717) is 11.5 Å². The van der Waals surface area contributed by atoms with E-state index >= 15 is 0 Å². The molecule has 0 spiro atoms. The Hall–Kier alpha value is -0.890. The molecule has 0 amide bonds. The van der Waals surface area contributed by atoms with Crippen molar-refractivity contribution in [3.8, 4) is 0 Å². The maximum Gasteiger partial charge on any atom is 0.126 e. The molecule has 0 bridgehead atoms. The molecular weight excluding hydrogens is 179 g/mol. The highest BCUT2D eigenvalue weighted by Crippen LogP contribution is 2.45. The highest BCUT2D eigenvalue weighted by molar-refractivity contribution is 5.29. The smallest absolute Gasteiger partial charge is 0.126 e. The van der Waals surface area contributed by atoms with Gasteiger partial charge in [0.05, 0.1) is 5.60 Å². The average Bonchev–Trinajstić information content (AvgIpc) is 2.92. The van der Waals surface area contributed by atoms with Crippen LogP contribution in [-0.4, -0.2) is 5.11 Å². The lowest BCUT2D eigenvalue weighted by atomic mass is 9.90. The average molecular weight is 194 g/mol. The Kier molecular flexibility index (Phi) is 2.11. The van der Waals surface area contributed by atoms with Crippen molar-refractivity contribution in [3.05, 3.63) is 35.1 Å². The van der Waals surface area contributed by atoms with Crippen molar-refractivity contribution in [2.24, 2.45) is 5.92 Å². The third-order valence-corrected chi connectivity index (χ3v) is 3.11. The molecule has 0 aliphatic heterocycles. The number of benzene rings is 1. The first-order chi connectivity index (χ1) is 6.51. The molecule has 1 aliphatic rings. The van der Waals surface area contributed by atoms with Crippen LogP contribution < -0.4 is 0 Å². The first kappa shape index (κ1) is 9.66. The molecule has 0 radical (unpaired) electrons. The van der Waals surface area contributed by atoms with Gasteiger partial charge in [0.25, 0.3) is 0 Å². The highest BCUT2D eigenvalue weighted by Gasteiger charge is 2.41. The van der Waals surface area contributed by atoms with Crippen LogP contribution in [0.2, 0.25) is 0 Å². The molecule has 2 heteroatoms. The predicted octanol–water partition coefficient (Wildman–Crippen LogP) is 2.75. The minimum Gasteiger partial charge on any atom is -0.385 e. The van der Waals surface area contributed by atoms with Crippen LogP contribution in [-0.2, 0) is 5.60 Å². The van der Waals surface area contributed by atoms with Crippen LogP contribution in [0.5, 0.6) is 0 Å². The van der Waals surface area contributed by atoms with Crippen LogP contribution in [0.25, 0.3) is 0 Å². The number of hydrogen-bond donors (Lipinski definition) is 1. The topological polar surface area (TPSA) is 20.2 Å². The Morgan fingerprint density at radius 3 is 2.57 bits per heavy atom. The first-order valence-electron chi connectivity index (χ1n) is 5.01. The molecule has 1 saturated carbocycles. The van der Waals surface area contributed by atoms with E-state index in [1.807, 2.05) is 6.92 Å². The summed E-state index contributed by atoms with van der Waals surface area (Å²) in [4.78, 5) is 0. The SMILES string of the molecule is Cc1cc([C@@](C)(O)C2CC2)ccc1F. The molecule has 0 saturated heterocycles. The molecule has 2 rings (SSSR count). The normalized spacial score (nSPS) is 20.6. The third-order valence-electron chi connectivity index (χ3n) is 3.11. The maximum atomic E-state index is 13.0. The van der Waals surface area contributed by atoms with Gasteiger partial charge in [-0.2, -0.15) is 0 Å². The Bertz CT molecular complexity index is 353. The summed E-state index contributed by atoms with van der Waals surface area (Å²) >= 11 is 0.